The highest BCUT2D eigenvalue weighted by Gasteiger charge is 2.18. The van der Waals surface area contributed by atoms with Gasteiger partial charge in [0.25, 0.3) is 0 Å². The maximum atomic E-state index is 12.2. The first-order chi connectivity index (χ1) is 18.6. The van der Waals surface area contributed by atoms with Gasteiger partial charge in [0, 0.05) is 31.4 Å². The monoisotopic (exact) mass is 531 g/mol. The van der Waals surface area contributed by atoms with E-state index in [1.54, 1.807) is 24.3 Å². The molecule has 206 valence electrons. The number of nitrogens with one attached hydrogen (secondary N) is 1. The van der Waals surface area contributed by atoms with Gasteiger partial charge in [-0.2, -0.15) is 4.98 Å². The van der Waals surface area contributed by atoms with Crippen molar-refractivity contribution in [3.63, 3.8) is 0 Å². The Morgan fingerprint density at radius 3 is 2.38 bits per heavy atom. The second-order valence-electron chi connectivity index (χ2n) is 10.4. The minimum absolute atomic E-state index is 0.170. The van der Waals surface area contributed by atoms with Gasteiger partial charge in [0.2, 0.25) is 11.8 Å². The number of aromatic nitrogens is 2. The molecule has 0 bridgehead atoms. The van der Waals surface area contributed by atoms with Crippen LogP contribution in [0.5, 0.6) is 23.3 Å². The van der Waals surface area contributed by atoms with E-state index in [1.807, 2.05) is 39.8 Å². The molecule has 2 aromatic carbocycles. The highest BCUT2D eigenvalue weighted by atomic mass is 16.6. The lowest BCUT2D eigenvalue weighted by Crippen LogP contribution is -2.27. The predicted octanol–water partition coefficient (Wildman–Crippen LogP) is 6.15. The number of hydrogen-bond donors (Lipinski definition) is 2. The van der Waals surface area contributed by atoms with Crippen molar-refractivity contribution in [2.75, 3.05) is 25.5 Å². The number of anilines is 1. The zero-order valence-electron chi connectivity index (χ0n) is 23.3. The maximum Gasteiger partial charge on any atom is 0.412 e. The summed E-state index contributed by atoms with van der Waals surface area (Å²) in [4.78, 5) is 23.8. The van der Waals surface area contributed by atoms with Crippen LogP contribution in [0.3, 0.4) is 0 Å². The van der Waals surface area contributed by atoms with E-state index in [1.165, 1.54) is 11.1 Å². The first-order valence-electron chi connectivity index (χ1n) is 13.2. The van der Waals surface area contributed by atoms with Gasteiger partial charge in [-0.1, -0.05) is 31.2 Å². The Bertz CT molecular complexity index is 1330. The molecule has 9 heteroatoms. The Morgan fingerprint density at radius 1 is 1.03 bits per heavy atom. The lowest BCUT2D eigenvalue weighted by molar-refractivity contribution is 0.0636. The van der Waals surface area contributed by atoms with Crippen molar-refractivity contribution in [2.45, 2.75) is 52.7 Å². The smallest absolute Gasteiger partial charge is 0.412 e. The average molecular weight is 532 g/mol. The number of hydrogen-bond acceptors (Lipinski definition) is 8. The van der Waals surface area contributed by atoms with Crippen molar-refractivity contribution >= 4 is 17.4 Å². The fourth-order valence-corrected chi connectivity index (χ4v) is 4.06. The second-order valence-corrected chi connectivity index (χ2v) is 10.4. The van der Waals surface area contributed by atoms with E-state index < -0.39 is 11.7 Å². The average Bonchev–Trinajstić information content (AvgIpc) is 2.89. The van der Waals surface area contributed by atoms with Gasteiger partial charge in [-0.3, -0.25) is 5.32 Å². The number of nitrogens with two attached hydrogens (primary N) is 1. The number of amides is 1. The van der Waals surface area contributed by atoms with Crippen LogP contribution < -0.4 is 20.5 Å². The summed E-state index contributed by atoms with van der Waals surface area (Å²) in [6, 6.07) is 15.0. The van der Waals surface area contributed by atoms with Crippen LogP contribution in [0.15, 0.2) is 54.6 Å². The van der Waals surface area contributed by atoms with E-state index in [9.17, 15) is 4.79 Å². The SMILES string of the molecule is CCc1nc(CN)c(Oc2ccc(C3=CCN(C)CC3)cc2)nc1Oc1cccc(NC(=O)OC(C)(C)C)c1. The van der Waals surface area contributed by atoms with Crippen LogP contribution in [0.2, 0.25) is 0 Å². The summed E-state index contributed by atoms with van der Waals surface area (Å²) in [6.07, 6.45) is 3.33. The molecule has 3 N–H and O–H groups in total. The molecule has 0 fully saturated rings. The Balaban J connectivity index is 1.53. The summed E-state index contributed by atoms with van der Waals surface area (Å²) >= 11 is 0. The zero-order chi connectivity index (χ0) is 28.0. The molecule has 0 spiro atoms. The number of nitrogens with zero attached hydrogens (tertiary/aromatic N) is 3. The van der Waals surface area contributed by atoms with Crippen molar-refractivity contribution < 1.29 is 19.0 Å². The molecule has 0 saturated heterocycles. The van der Waals surface area contributed by atoms with E-state index in [2.05, 4.69) is 45.4 Å². The van der Waals surface area contributed by atoms with Crippen LogP contribution >= 0.6 is 0 Å². The lowest BCUT2D eigenvalue weighted by Gasteiger charge is -2.22. The van der Waals surface area contributed by atoms with Gasteiger partial charge in [-0.25, -0.2) is 9.78 Å². The Labute approximate surface area is 230 Å². The van der Waals surface area contributed by atoms with Gasteiger partial charge >= 0.3 is 6.09 Å². The van der Waals surface area contributed by atoms with Crippen LogP contribution in [0.4, 0.5) is 10.5 Å². The molecule has 9 nitrogen and oxygen atoms in total. The first kappa shape index (κ1) is 28.1. The Hall–Kier alpha value is -3.95. The van der Waals surface area contributed by atoms with E-state index in [0.717, 1.165) is 19.5 Å². The number of aryl methyl sites for hydroxylation is 1. The number of rotatable bonds is 8. The number of benzene rings is 2. The van der Waals surface area contributed by atoms with Crippen LogP contribution in [0, 0.1) is 0 Å². The maximum absolute atomic E-state index is 12.2. The molecule has 0 aliphatic carbocycles. The minimum Gasteiger partial charge on any atom is -0.444 e. The summed E-state index contributed by atoms with van der Waals surface area (Å²) < 4.78 is 17.6. The molecular weight excluding hydrogens is 494 g/mol. The number of likely N-dealkylation sites (N-methyl/N-ethyl adjacent to an activating group) is 1. The van der Waals surface area contributed by atoms with Crippen molar-refractivity contribution in [3.05, 3.63) is 71.6 Å². The molecule has 1 aliphatic heterocycles. The van der Waals surface area contributed by atoms with Crippen molar-refractivity contribution in [2.24, 2.45) is 5.73 Å². The third-order valence-corrected chi connectivity index (χ3v) is 6.04. The standard InChI is InChI=1S/C30H37N5O4/c1-6-25-27(38-24-9-7-8-22(18-24)32-29(36)39-30(2,3)4)34-28(26(19-31)33-25)37-23-12-10-20(11-13-23)21-14-16-35(5)17-15-21/h7-14,18H,6,15-17,19,31H2,1-5H3,(H,32,36). The lowest BCUT2D eigenvalue weighted by atomic mass is 10.00. The molecule has 0 radical (unpaired) electrons. The van der Waals surface area contributed by atoms with Gasteiger partial charge in [0.05, 0.1) is 0 Å². The van der Waals surface area contributed by atoms with Crippen LogP contribution in [0.1, 0.15) is 51.1 Å². The summed E-state index contributed by atoms with van der Waals surface area (Å²) in [5, 5.41) is 2.72. The fourth-order valence-electron chi connectivity index (χ4n) is 4.06. The molecule has 39 heavy (non-hydrogen) atoms. The molecule has 0 unspecified atom stereocenters. The number of carbonyl (C=O) groups is 1. The third-order valence-electron chi connectivity index (χ3n) is 6.04. The first-order valence-corrected chi connectivity index (χ1v) is 13.2. The zero-order valence-corrected chi connectivity index (χ0v) is 23.3. The summed E-state index contributed by atoms with van der Waals surface area (Å²) in [5.41, 5.74) is 9.64. The van der Waals surface area contributed by atoms with Crippen molar-refractivity contribution in [1.82, 2.24) is 14.9 Å². The largest absolute Gasteiger partial charge is 0.444 e. The van der Waals surface area contributed by atoms with Gasteiger partial charge in [0.15, 0.2) is 0 Å². The molecule has 4 rings (SSSR count). The van der Waals surface area contributed by atoms with E-state index in [0.29, 0.717) is 46.8 Å². The molecule has 1 amide bonds. The Kier molecular flexibility index (Phi) is 8.83. The second kappa shape index (κ2) is 12.3. The van der Waals surface area contributed by atoms with E-state index in [4.69, 9.17) is 19.9 Å². The summed E-state index contributed by atoms with van der Waals surface area (Å²) in [5.74, 6) is 1.72. The van der Waals surface area contributed by atoms with Crippen molar-refractivity contribution in [1.29, 1.82) is 0 Å². The molecule has 2 heterocycles. The summed E-state index contributed by atoms with van der Waals surface area (Å²) in [7, 11) is 2.12. The highest BCUT2D eigenvalue weighted by molar-refractivity contribution is 5.85. The van der Waals surface area contributed by atoms with Crippen LogP contribution in [0.25, 0.3) is 5.57 Å². The molecule has 0 atom stereocenters. The van der Waals surface area contributed by atoms with Crippen molar-refractivity contribution in [3.8, 4) is 23.3 Å². The minimum atomic E-state index is -0.602. The van der Waals surface area contributed by atoms with Gasteiger partial charge in [-0.05, 0) is 76.1 Å². The molecule has 1 aliphatic rings. The normalized spacial score (nSPS) is 13.9. The van der Waals surface area contributed by atoms with Gasteiger partial charge in [-0.15, -0.1) is 0 Å². The van der Waals surface area contributed by atoms with Gasteiger partial charge in [0.1, 0.15) is 28.5 Å². The van der Waals surface area contributed by atoms with E-state index >= 15 is 0 Å². The van der Waals surface area contributed by atoms with Gasteiger partial charge < -0.3 is 24.8 Å². The molecule has 1 aromatic heterocycles. The van der Waals surface area contributed by atoms with Crippen LogP contribution in [-0.4, -0.2) is 46.7 Å². The quantitative estimate of drug-likeness (QED) is 0.356. The third kappa shape index (κ3) is 7.78. The number of carbonyl (C=O) groups excluding carboxylic acids is 1. The molecular formula is C30H37N5O4. The fraction of sp³-hybridized carbons (Fsp3) is 0.367. The number of ether oxygens (including phenoxy) is 3. The topological polar surface area (TPSA) is 112 Å². The van der Waals surface area contributed by atoms with E-state index in [-0.39, 0.29) is 6.54 Å². The highest BCUT2D eigenvalue weighted by Crippen LogP contribution is 2.32. The Morgan fingerprint density at radius 2 is 1.74 bits per heavy atom. The van der Waals surface area contributed by atoms with Crippen LogP contribution in [-0.2, 0) is 17.7 Å². The molecule has 3 aromatic rings. The summed E-state index contributed by atoms with van der Waals surface area (Å²) in [6.45, 7) is 9.56. The predicted molar refractivity (Wildman–Crippen MR) is 152 cm³/mol. The molecule has 0 saturated carbocycles.